The minimum absolute atomic E-state index is 0.115. The predicted molar refractivity (Wildman–Crippen MR) is 128 cm³/mol. The van der Waals surface area contributed by atoms with Crippen molar-refractivity contribution in [2.75, 3.05) is 18.0 Å². The van der Waals surface area contributed by atoms with E-state index in [2.05, 4.69) is 36.0 Å². The average Bonchev–Trinajstić information content (AvgIpc) is 3.30. The van der Waals surface area contributed by atoms with E-state index in [0.717, 1.165) is 62.8 Å². The van der Waals surface area contributed by atoms with Crippen molar-refractivity contribution in [1.82, 2.24) is 20.3 Å². The normalized spacial score (nSPS) is 17.2. The van der Waals surface area contributed by atoms with Crippen LogP contribution < -0.4 is 10.2 Å². The number of nitrogens with zero attached hydrogens (tertiary/aromatic N) is 4. The maximum atomic E-state index is 10.5. The lowest BCUT2D eigenvalue weighted by atomic mass is 10.1. The van der Waals surface area contributed by atoms with E-state index in [1.54, 1.807) is 17.4 Å². The number of phenolic OH excluding ortho intramolecular Hbond substituents is 1. The molecule has 0 saturated carbocycles. The molecule has 1 aromatic carbocycles. The number of aromatic nitrogens is 3. The van der Waals surface area contributed by atoms with Gasteiger partial charge in [0.05, 0.1) is 32.0 Å². The quantitative estimate of drug-likeness (QED) is 0.479. The first-order chi connectivity index (χ1) is 14.7. The van der Waals surface area contributed by atoms with Gasteiger partial charge in [-0.2, -0.15) is 0 Å². The van der Waals surface area contributed by atoms with E-state index in [-0.39, 0.29) is 11.3 Å². The van der Waals surface area contributed by atoms with Gasteiger partial charge < -0.3 is 15.3 Å². The zero-order valence-corrected chi connectivity index (χ0v) is 19.1. The Balaban J connectivity index is 1.43. The monoisotopic (exact) mass is 433 g/mol. The van der Waals surface area contributed by atoms with Crippen molar-refractivity contribution in [3.8, 4) is 17.0 Å². The maximum Gasteiger partial charge on any atom is 0.129 e. The summed E-state index contributed by atoms with van der Waals surface area (Å²) in [6, 6.07) is 12.2. The number of phenols is 1. The summed E-state index contributed by atoms with van der Waals surface area (Å²) in [7, 11) is 0. The Labute approximate surface area is 186 Å². The fourth-order valence-corrected chi connectivity index (χ4v) is 5.15. The zero-order chi connectivity index (χ0) is 21.8. The Kier molecular flexibility index (Phi) is 4.83. The molecule has 1 saturated heterocycles. The van der Waals surface area contributed by atoms with Crippen LogP contribution in [-0.4, -0.2) is 44.7 Å². The topological polar surface area (TPSA) is 74.2 Å². The van der Waals surface area contributed by atoms with Gasteiger partial charge in [0, 0.05) is 36.3 Å². The van der Waals surface area contributed by atoms with E-state index >= 15 is 0 Å². The number of thiazole rings is 1. The summed E-state index contributed by atoms with van der Waals surface area (Å²) >= 11 is 1.62. The SMILES string of the molecule is Cc1nc2cc(O)c(-c3ccc4nc(N5CCC(NC(C)(C)C)C5)ccc4n3)cc2s1. The first-order valence-corrected chi connectivity index (χ1v) is 11.5. The number of aromatic hydroxyl groups is 1. The Morgan fingerprint density at radius 3 is 2.61 bits per heavy atom. The Hall–Kier alpha value is -2.77. The number of rotatable bonds is 3. The minimum atomic E-state index is 0.115. The van der Waals surface area contributed by atoms with Crippen LogP contribution >= 0.6 is 11.3 Å². The summed E-state index contributed by atoms with van der Waals surface area (Å²) in [6.07, 6.45) is 1.12. The highest BCUT2D eigenvalue weighted by molar-refractivity contribution is 7.18. The second kappa shape index (κ2) is 7.43. The number of nitrogens with one attached hydrogen (secondary N) is 1. The highest BCUT2D eigenvalue weighted by Gasteiger charge is 2.26. The summed E-state index contributed by atoms with van der Waals surface area (Å²) in [4.78, 5) is 16.4. The molecule has 3 aromatic heterocycles. The smallest absolute Gasteiger partial charge is 0.129 e. The molecule has 1 fully saturated rings. The number of anilines is 1. The molecule has 0 aliphatic carbocycles. The van der Waals surface area contributed by atoms with E-state index in [0.29, 0.717) is 6.04 Å². The molecule has 160 valence electrons. The first kappa shape index (κ1) is 20.2. The summed E-state index contributed by atoms with van der Waals surface area (Å²) in [5, 5.41) is 15.2. The molecule has 5 rings (SSSR count). The number of pyridine rings is 2. The van der Waals surface area contributed by atoms with Gasteiger partial charge in [-0.25, -0.2) is 15.0 Å². The van der Waals surface area contributed by atoms with Gasteiger partial charge in [-0.3, -0.25) is 0 Å². The van der Waals surface area contributed by atoms with E-state index in [9.17, 15) is 5.11 Å². The van der Waals surface area contributed by atoms with Gasteiger partial charge in [0.15, 0.2) is 0 Å². The Morgan fingerprint density at radius 2 is 1.81 bits per heavy atom. The standard InChI is InChI=1S/C24H27N5OS/c1-14-25-20-12-21(30)16(11-22(20)31-14)17-5-6-19-18(26-17)7-8-23(27-19)29-10-9-15(13-29)28-24(2,3)4/h5-8,11-12,15,28,30H,9-10,13H2,1-4H3. The largest absolute Gasteiger partial charge is 0.507 e. The summed E-state index contributed by atoms with van der Waals surface area (Å²) in [5.74, 6) is 1.19. The first-order valence-electron chi connectivity index (χ1n) is 10.7. The molecular formula is C24H27N5OS. The average molecular weight is 434 g/mol. The summed E-state index contributed by atoms with van der Waals surface area (Å²) in [6.45, 7) is 10.6. The number of benzene rings is 1. The van der Waals surface area contributed by atoms with Gasteiger partial charge in [-0.15, -0.1) is 11.3 Å². The fourth-order valence-electron chi connectivity index (χ4n) is 4.31. The molecule has 6 nitrogen and oxygen atoms in total. The lowest BCUT2D eigenvalue weighted by Gasteiger charge is -2.26. The van der Waals surface area contributed by atoms with Crippen molar-refractivity contribution in [3.63, 3.8) is 0 Å². The van der Waals surface area contributed by atoms with Gasteiger partial charge in [0.1, 0.15) is 11.6 Å². The second-order valence-electron chi connectivity index (χ2n) is 9.30. The van der Waals surface area contributed by atoms with Crippen LogP contribution in [0.4, 0.5) is 5.82 Å². The molecule has 0 bridgehead atoms. The van der Waals surface area contributed by atoms with Crippen molar-refractivity contribution in [1.29, 1.82) is 0 Å². The number of hydrogen-bond donors (Lipinski definition) is 2. The van der Waals surface area contributed by atoms with Crippen LogP contribution in [0.15, 0.2) is 36.4 Å². The number of aryl methyl sites for hydroxylation is 1. The Morgan fingerprint density at radius 1 is 1.03 bits per heavy atom. The highest BCUT2D eigenvalue weighted by Crippen LogP contribution is 2.35. The molecular weight excluding hydrogens is 406 g/mol. The van der Waals surface area contributed by atoms with Crippen molar-refractivity contribution in [2.24, 2.45) is 0 Å². The van der Waals surface area contributed by atoms with Crippen molar-refractivity contribution >= 4 is 38.4 Å². The van der Waals surface area contributed by atoms with Gasteiger partial charge in [0.2, 0.25) is 0 Å². The van der Waals surface area contributed by atoms with E-state index < -0.39 is 0 Å². The number of fused-ring (bicyclic) bond motifs is 2. The van der Waals surface area contributed by atoms with Crippen LogP contribution in [0.1, 0.15) is 32.2 Å². The van der Waals surface area contributed by atoms with Gasteiger partial charge in [-0.05, 0) is 64.4 Å². The van der Waals surface area contributed by atoms with Crippen LogP contribution in [0, 0.1) is 6.92 Å². The van der Waals surface area contributed by atoms with Crippen LogP contribution in [0.2, 0.25) is 0 Å². The lowest BCUT2D eigenvalue weighted by Crippen LogP contribution is -2.44. The third-order valence-electron chi connectivity index (χ3n) is 5.57. The predicted octanol–water partition coefficient (Wildman–Crippen LogP) is 4.89. The molecule has 1 unspecified atom stereocenters. The Bertz CT molecular complexity index is 1280. The fraction of sp³-hybridized carbons (Fsp3) is 0.375. The summed E-state index contributed by atoms with van der Waals surface area (Å²) < 4.78 is 1.05. The van der Waals surface area contributed by atoms with Crippen molar-refractivity contribution in [2.45, 2.75) is 45.7 Å². The van der Waals surface area contributed by atoms with Gasteiger partial charge in [-0.1, -0.05) is 0 Å². The molecule has 0 amide bonds. The van der Waals surface area contributed by atoms with Crippen molar-refractivity contribution < 1.29 is 5.11 Å². The molecule has 1 aliphatic heterocycles. The molecule has 0 radical (unpaired) electrons. The molecule has 0 spiro atoms. The minimum Gasteiger partial charge on any atom is -0.507 e. The molecule has 7 heteroatoms. The molecule has 4 heterocycles. The van der Waals surface area contributed by atoms with Crippen LogP contribution in [0.25, 0.3) is 32.5 Å². The summed E-state index contributed by atoms with van der Waals surface area (Å²) in [5.41, 5.74) is 4.08. The third-order valence-corrected chi connectivity index (χ3v) is 6.50. The van der Waals surface area contributed by atoms with E-state index in [1.807, 2.05) is 37.3 Å². The zero-order valence-electron chi connectivity index (χ0n) is 18.3. The van der Waals surface area contributed by atoms with E-state index in [4.69, 9.17) is 9.97 Å². The van der Waals surface area contributed by atoms with Crippen LogP contribution in [0.3, 0.4) is 0 Å². The van der Waals surface area contributed by atoms with E-state index in [1.165, 1.54) is 0 Å². The molecule has 31 heavy (non-hydrogen) atoms. The molecule has 2 N–H and O–H groups in total. The maximum absolute atomic E-state index is 10.5. The van der Waals surface area contributed by atoms with Crippen LogP contribution in [-0.2, 0) is 0 Å². The van der Waals surface area contributed by atoms with Gasteiger partial charge in [0.25, 0.3) is 0 Å². The third kappa shape index (κ3) is 4.07. The van der Waals surface area contributed by atoms with Crippen molar-refractivity contribution in [3.05, 3.63) is 41.4 Å². The lowest BCUT2D eigenvalue weighted by molar-refractivity contribution is 0.373. The number of hydrogen-bond acceptors (Lipinski definition) is 7. The highest BCUT2D eigenvalue weighted by atomic mass is 32.1. The second-order valence-corrected chi connectivity index (χ2v) is 10.5. The van der Waals surface area contributed by atoms with Gasteiger partial charge >= 0.3 is 0 Å². The molecule has 1 atom stereocenters. The molecule has 4 aromatic rings. The van der Waals surface area contributed by atoms with Crippen LogP contribution in [0.5, 0.6) is 5.75 Å². The molecule has 1 aliphatic rings.